The summed E-state index contributed by atoms with van der Waals surface area (Å²) in [5.74, 6) is 1.79. The molecule has 0 bridgehead atoms. The molecule has 52 valence electrons. The predicted octanol–water partition coefficient (Wildman–Crippen LogP) is 3.00. The van der Waals surface area contributed by atoms with E-state index in [1.165, 1.54) is 25.7 Å². The van der Waals surface area contributed by atoms with Gasteiger partial charge in [-0.25, -0.2) is 0 Å². The van der Waals surface area contributed by atoms with Crippen molar-refractivity contribution >= 4 is 0 Å². The second kappa shape index (κ2) is 3.05. The van der Waals surface area contributed by atoms with Gasteiger partial charge in [0.15, 0.2) is 0 Å². The molecule has 0 aromatic carbocycles. The fourth-order valence-electron chi connectivity index (χ4n) is 1.35. The van der Waals surface area contributed by atoms with Gasteiger partial charge in [-0.3, -0.25) is 0 Å². The zero-order chi connectivity index (χ0) is 6.69. The molecule has 0 saturated heterocycles. The van der Waals surface area contributed by atoms with Crippen molar-refractivity contribution in [3.05, 3.63) is 12.7 Å². The van der Waals surface area contributed by atoms with E-state index in [2.05, 4.69) is 19.6 Å². The molecule has 0 heteroatoms. The van der Waals surface area contributed by atoms with Gasteiger partial charge >= 0.3 is 0 Å². The molecule has 0 amide bonds. The van der Waals surface area contributed by atoms with Crippen molar-refractivity contribution in [3.8, 4) is 0 Å². The number of hydrogen-bond acceptors (Lipinski definition) is 0. The molecule has 1 unspecified atom stereocenters. The van der Waals surface area contributed by atoms with Crippen molar-refractivity contribution in [3.63, 3.8) is 0 Å². The van der Waals surface area contributed by atoms with Gasteiger partial charge in [0.05, 0.1) is 0 Å². The molecule has 1 aliphatic rings. The van der Waals surface area contributed by atoms with Crippen LogP contribution < -0.4 is 0 Å². The Morgan fingerprint density at radius 2 is 2.33 bits per heavy atom. The average molecular weight is 124 g/mol. The molecule has 1 saturated carbocycles. The average Bonchev–Trinajstić information content (AvgIpc) is 1.78. The van der Waals surface area contributed by atoms with Gasteiger partial charge in [-0.15, -0.1) is 6.58 Å². The van der Waals surface area contributed by atoms with E-state index < -0.39 is 0 Å². The van der Waals surface area contributed by atoms with Gasteiger partial charge < -0.3 is 0 Å². The first-order chi connectivity index (χ1) is 4.33. The number of rotatable bonds is 3. The van der Waals surface area contributed by atoms with E-state index in [9.17, 15) is 0 Å². The van der Waals surface area contributed by atoms with Crippen LogP contribution in [0.5, 0.6) is 0 Å². The summed E-state index contributed by atoms with van der Waals surface area (Å²) >= 11 is 0. The lowest BCUT2D eigenvalue weighted by atomic mass is 9.79. The van der Waals surface area contributed by atoms with E-state index >= 15 is 0 Å². The molecule has 9 heavy (non-hydrogen) atoms. The summed E-state index contributed by atoms with van der Waals surface area (Å²) in [6.07, 6.45) is 7.85. The van der Waals surface area contributed by atoms with E-state index in [4.69, 9.17) is 0 Å². The van der Waals surface area contributed by atoms with Crippen molar-refractivity contribution in [2.45, 2.75) is 32.6 Å². The van der Waals surface area contributed by atoms with Crippen molar-refractivity contribution in [2.24, 2.45) is 11.8 Å². The standard InChI is InChI=1S/C9H16/c1-3-8(2)7-9-5-4-6-9/h3,8-9H,1,4-7H2,2H3. The minimum Gasteiger partial charge on any atom is -0.103 e. The highest BCUT2D eigenvalue weighted by Gasteiger charge is 2.18. The lowest BCUT2D eigenvalue weighted by molar-refractivity contribution is 0.273. The Kier molecular flexibility index (Phi) is 2.32. The monoisotopic (exact) mass is 124 g/mol. The molecule has 1 atom stereocenters. The third-order valence-electron chi connectivity index (χ3n) is 2.33. The lowest BCUT2D eigenvalue weighted by Gasteiger charge is -2.26. The van der Waals surface area contributed by atoms with Crippen LogP contribution in [0.1, 0.15) is 32.6 Å². The minimum atomic E-state index is 0.746. The van der Waals surface area contributed by atoms with Crippen LogP contribution >= 0.6 is 0 Å². The molecule has 1 fully saturated rings. The van der Waals surface area contributed by atoms with Crippen molar-refractivity contribution < 1.29 is 0 Å². The van der Waals surface area contributed by atoms with Crippen LogP contribution in [-0.4, -0.2) is 0 Å². The molecule has 0 spiro atoms. The van der Waals surface area contributed by atoms with Gasteiger partial charge in [0.1, 0.15) is 0 Å². The molecule has 0 aliphatic heterocycles. The molecule has 0 radical (unpaired) electrons. The van der Waals surface area contributed by atoms with Crippen LogP contribution in [0.15, 0.2) is 12.7 Å². The molecular weight excluding hydrogens is 108 g/mol. The Morgan fingerprint density at radius 3 is 2.67 bits per heavy atom. The maximum Gasteiger partial charge on any atom is -0.0262 e. The minimum absolute atomic E-state index is 0.746. The van der Waals surface area contributed by atoms with Crippen LogP contribution in [0.2, 0.25) is 0 Å². The highest BCUT2D eigenvalue weighted by atomic mass is 14.2. The van der Waals surface area contributed by atoms with Crippen LogP contribution in [0, 0.1) is 11.8 Å². The van der Waals surface area contributed by atoms with Crippen LogP contribution in [0.25, 0.3) is 0 Å². The topological polar surface area (TPSA) is 0 Å². The zero-order valence-corrected chi connectivity index (χ0v) is 6.27. The van der Waals surface area contributed by atoms with E-state index in [0.29, 0.717) is 0 Å². The van der Waals surface area contributed by atoms with Gasteiger partial charge in [0.25, 0.3) is 0 Å². The Labute approximate surface area is 58.0 Å². The molecule has 0 N–H and O–H groups in total. The maximum absolute atomic E-state index is 3.77. The van der Waals surface area contributed by atoms with Crippen LogP contribution in [-0.2, 0) is 0 Å². The van der Waals surface area contributed by atoms with Gasteiger partial charge in [-0.05, 0) is 18.3 Å². The summed E-state index contributed by atoms with van der Waals surface area (Å²) in [6, 6.07) is 0. The molecule has 0 nitrogen and oxygen atoms in total. The van der Waals surface area contributed by atoms with E-state index in [1.807, 2.05) is 0 Å². The second-order valence-electron chi connectivity index (χ2n) is 3.25. The summed E-state index contributed by atoms with van der Waals surface area (Å²) < 4.78 is 0. The number of allylic oxidation sites excluding steroid dienone is 1. The normalized spacial score (nSPS) is 22.8. The molecule has 0 heterocycles. The fourth-order valence-corrected chi connectivity index (χ4v) is 1.35. The van der Waals surface area contributed by atoms with Crippen molar-refractivity contribution in [1.82, 2.24) is 0 Å². The molecule has 0 aromatic rings. The first kappa shape index (κ1) is 6.85. The van der Waals surface area contributed by atoms with E-state index in [1.54, 1.807) is 0 Å². The molecular formula is C9H16. The van der Waals surface area contributed by atoms with Gasteiger partial charge in [-0.1, -0.05) is 32.3 Å². The Morgan fingerprint density at radius 1 is 1.67 bits per heavy atom. The zero-order valence-electron chi connectivity index (χ0n) is 6.27. The summed E-state index contributed by atoms with van der Waals surface area (Å²) in [4.78, 5) is 0. The smallest absolute Gasteiger partial charge is 0.0262 e. The first-order valence-electron chi connectivity index (χ1n) is 3.95. The number of hydrogen-bond donors (Lipinski definition) is 0. The predicted molar refractivity (Wildman–Crippen MR) is 41.3 cm³/mol. The van der Waals surface area contributed by atoms with E-state index in [0.717, 1.165) is 11.8 Å². The summed E-state index contributed by atoms with van der Waals surface area (Å²) in [6.45, 7) is 6.03. The highest BCUT2D eigenvalue weighted by molar-refractivity contribution is 4.80. The SMILES string of the molecule is C=CC(C)CC1CCC1. The Hall–Kier alpha value is -0.260. The lowest BCUT2D eigenvalue weighted by Crippen LogP contribution is -2.13. The second-order valence-corrected chi connectivity index (χ2v) is 3.25. The summed E-state index contributed by atoms with van der Waals surface area (Å²) in [5, 5.41) is 0. The molecule has 1 aliphatic carbocycles. The molecule has 1 rings (SSSR count). The fraction of sp³-hybridized carbons (Fsp3) is 0.778. The van der Waals surface area contributed by atoms with Crippen LogP contribution in [0.4, 0.5) is 0 Å². The largest absolute Gasteiger partial charge is 0.103 e. The Bertz CT molecular complexity index is 90.2. The van der Waals surface area contributed by atoms with Gasteiger partial charge in [0, 0.05) is 0 Å². The quantitative estimate of drug-likeness (QED) is 0.507. The summed E-state index contributed by atoms with van der Waals surface area (Å²) in [7, 11) is 0. The van der Waals surface area contributed by atoms with Crippen LogP contribution in [0.3, 0.4) is 0 Å². The van der Waals surface area contributed by atoms with Crippen molar-refractivity contribution in [1.29, 1.82) is 0 Å². The highest BCUT2D eigenvalue weighted by Crippen LogP contribution is 2.32. The summed E-state index contributed by atoms with van der Waals surface area (Å²) in [5.41, 5.74) is 0. The Balaban J connectivity index is 2.08. The van der Waals surface area contributed by atoms with Gasteiger partial charge in [-0.2, -0.15) is 0 Å². The third-order valence-corrected chi connectivity index (χ3v) is 2.33. The third kappa shape index (κ3) is 1.85. The first-order valence-corrected chi connectivity index (χ1v) is 3.95. The van der Waals surface area contributed by atoms with Crippen molar-refractivity contribution in [2.75, 3.05) is 0 Å². The van der Waals surface area contributed by atoms with Gasteiger partial charge in [0.2, 0.25) is 0 Å². The maximum atomic E-state index is 3.77. The van der Waals surface area contributed by atoms with E-state index in [-0.39, 0.29) is 0 Å². The molecule has 0 aromatic heterocycles.